The lowest BCUT2D eigenvalue weighted by Gasteiger charge is -2.11. The van der Waals surface area contributed by atoms with Crippen LogP contribution in [-0.2, 0) is 0 Å². The second-order valence-corrected chi connectivity index (χ2v) is 5.81. The molecule has 0 amide bonds. The van der Waals surface area contributed by atoms with Crippen LogP contribution in [-0.4, -0.2) is 12.9 Å². The minimum Gasteiger partial charge on any atom is -0.496 e. The molecule has 0 saturated heterocycles. The summed E-state index contributed by atoms with van der Waals surface area (Å²) in [6.45, 7) is 0. The first kappa shape index (κ1) is 14.0. The van der Waals surface area contributed by atoms with Gasteiger partial charge in [-0.3, -0.25) is 5.41 Å². The zero-order valence-electron chi connectivity index (χ0n) is 10.3. The Morgan fingerprint density at radius 1 is 1.21 bits per heavy atom. The van der Waals surface area contributed by atoms with Gasteiger partial charge in [0, 0.05) is 14.9 Å². The monoisotopic (exact) mass is 336 g/mol. The number of hydrogen-bond acceptors (Lipinski definition) is 3. The number of rotatable bonds is 4. The fraction of sp³-hybridized carbons (Fsp3) is 0.0714. The van der Waals surface area contributed by atoms with Crippen LogP contribution in [0.2, 0.25) is 0 Å². The number of halogens is 1. The third kappa shape index (κ3) is 3.30. The summed E-state index contributed by atoms with van der Waals surface area (Å²) in [5.74, 6) is 0.864. The predicted octanol–water partition coefficient (Wildman–Crippen LogP) is 3.89. The first-order valence-corrected chi connectivity index (χ1v) is 7.17. The van der Waals surface area contributed by atoms with Gasteiger partial charge in [0.25, 0.3) is 0 Å². The van der Waals surface area contributed by atoms with Gasteiger partial charge in [0.05, 0.1) is 12.0 Å². The molecule has 19 heavy (non-hydrogen) atoms. The van der Waals surface area contributed by atoms with Crippen LogP contribution < -0.4 is 10.5 Å². The Morgan fingerprint density at radius 2 is 1.95 bits per heavy atom. The quantitative estimate of drug-likeness (QED) is 0.657. The minimum absolute atomic E-state index is 0.0543. The average Bonchev–Trinajstić information content (AvgIpc) is 2.41. The van der Waals surface area contributed by atoms with E-state index in [1.165, 1.54) is 11.8 Å². The van der Waals surface area contributed by atoms with Crippen molar-refractivity contribution in [2.45, 2.75) is 9.79 Å². The molecule has 0 radical (unpaired) electrons. The van der Waals surface area contributed by atoms with Crippen LogP contribution in [0, 0.1) is 5.41 Å². The van der Waals surface area contributed by atoms with Crippen LogP contribution in [0.3, 0.4) is 0 Å². The van der Waals surface area contributed by atoms with Gasteiger partial charge in [-0.25, -0.2) is 0 Å². The molecule has 0 aliphatic rings. The van der Waals surface area contributed by atoms with Crippen molar-refractivity contribution in [2.24, 2.45) is 5.73 Å². The number of nitrogen functional groups attached to an aromatic ring is 1. The molecule has 2 aromatic carbocycles. The number of nitrogens with one attached hydrogen (secondary N) is 1. The van der Waals surface area contributed by atoms with Crippen molar-refractivity contribution in [1.82, 2.24) is 0 Å². The SMILES string of the molecule is COc1ccccc1Sc1ccc(Br)cc1C(=N)N. The Hall–Kier alpha value is -1.46. The summed E-state index contributed by atoms with van der Waals surface area (Å²) in [5, 5.41) is 7.65. The first-order chi connectivity index (χ1) is 9.11. The molecule has 98 valence electrons. The number of hydrogen-bond donors (Lipinski definition) is 2. The van der Waals surface area contributed by atoms with E-state index in [0.29, 0.717) is 5.56 Å². The maximum absolute atomic E-state index is 7.65. The van der Waals surface area contributed by atoms with Crippen LogP contribution in [0.1, 0.15) is 5.56 Å². The largest absolute Gasteiger partial charge is 0.496 e. The zero-order valence-corrected chi connectivity index (χ0v) is 12.7. The lowest BCUT2D eigenvalue weighted by atomic mass is 10.2. The minimum atomic E-state index is 0.0543. The standard InChI is InChI=1S/C14H13BrN2OS/c1-18-11-4-2-3-5-13(11)19-12-7-6-9(15)8-10(12)14(16)17/h2-8H,1H3,(H3,16,17). The Kier molecular flexibility index (Phi) is 4.50. The summed E-state index contributed by atoms with van der Waals surface area (Å²) in [5.41, 5.74) is 6.34. The molecule has 5 heteroatoms. The summed E-state index contributed by atoms with van der Waals surface area (Å²) in [6.07, 6.45) is 0. The molecule has 0 spiro atoms. The third-order valence-electron chi connectivity index (χ3n) is 2.52. The molecule has 0 heterocycles. The normalized spacial score (nSPS) is 10.2. The van der Waals surface area contributed by atoms with Crippen molar-refractivity contribution >= 4 is 33.5 Å². The van der Waals surface area contributed by atoms with Gasteiger partial charge in [-0.05, 0) is 30.3 Å². The van der Waals surface area contributed by atoms with E-state index in [1.807, 2.05) is 42.5 Å². The van der Waals surface area contributed by atoms with Crippen molar-refractivity contribution in [2.75, 3.05) is 7.11 Å². The van der Waals surface area contributed by atoms with Gasteiger partial charge in [-0.15, -0.1) is 0 Å². The second-order valence-electron chi connectivity index (χ2n) is 3.81. The summed E-state index contributed by atoms with van der Waals surface area (Å²) < 4.78 is 6.23. The molecule has 0 saturated carbocycles. The summed E-state index contributed by atoms with van der Waals surface area (Å²) in [7, 11) is 1.65. The van der Waals surface area contributed by atoms with E-state index in [-0.39, 0.29) is 5.84 Å². The molecule has 0 fully saturated rings. The summed E-state index contributed by atoms with van der Waals surface area (Å²) >= 11 is 4.93. The highest BCUT2D eigenvalue weighted by Crippen LogP contribution is 2.37. The molecule has 2 aromatic rings. The third-order valence-corrected chi connectivity index (χ3v) is 4.15. The highest BCUT2D eigenvalue weighted by molar-refractivity contribution is 9.10. The van der Waals surface area contributed by atoms with Crippen LogP contribution in [0.5, 0.6) is 5.75 Å². The number of amidine groups is 1. The second kappa shape index (κ2) is 6.12. The fourth-order valence-corrected chi connectivity index (χ4v) is 3.03. The molecular formula is C14H13BrN2OS. The van der Waals surface area contributed by atoms with Gasteiger partial charge in [0.15, 0.2) is 0 Å². The van der Waals surface area contributed by atoms with Crippen molar-refractivity contribution in [3.05, 3.63) is 52.5 Å². The van der Waals surface area contributed by atoms with E-state index >= 15 is 0 Å². The molecule has 3 N–H and O–H groups in total. The molecule has 3 nitrogen and oxygen atoms in total. The lowest BCUT2D eigenvalue weighted by Crippen LogP contribution is -2.12. The van der Waals surface area contributed by atoms with E-state index < -0.39 is 0 Å². The highest BCUT2D eigenvalue weighted by Gasteiger charge is 2.10. The van der Waals surface area contributed by atoms with E-state index in [1.54, 1.807) is 7.11 Å². The van der Waals surface area contributed by atoms with Crippen LogP contribution >= 0.6 is 27.7 Å². The van der Waals surface area contributed by atoms with Crippen molar-refractivity contribution < 1.29 is 4.74 Å². The Balaban J connectivity index is 2.41. The molecule has 0 bridgehead atoms. The lowest BCUT2D eigenvalue weighted by molar-refractivity contribution is 0.405. The maximum Gasteiger partial charge on any atom is 0.132 e. The van der Waals surface area contributed by atoms with Crippen molar-refractivity contribution in [3.8, 4) is 5.75 Å². The van der Waals surface area contributed by atoms with E-state index in [2.05, 4.69) is 15.9 Å². The fourth-order valence-electron chi connectivity index (χ4n) is 1.62. The van der Waals surface area contributed by atoms with Gasteiger partial charge in [-0.1, -0.05) is 39.8 Å². The van der Waals surface area contributed by atoms with Crippen molar-refractivity contribution in [3.63, 3.8) is 0 Å². The van der Waals surface area contributed by atoms with Gasteiger partial charge >= 0.3 is 0 Å². The smallest absolute Gasteiger partial charge is 0.132 e. The molecular weight excluding hydrogens is 324 g/mol. The Labute approximate surface area is 124 Å². The van der Waals surface area contributed by atoms with Crippen LogP contribution in [0.25, 0.3) is 0 Å². The highest BCUT2D eigenvalue weighted by atomic mass is 79.9. The molecule has 0 aliphatic carbocycles. The van der Waals surface area contributed by atoms with Gasteiger partial charge in [-0.2, -0.15) is 0 Å². The van der Waals surface area contributed by atoms with E-state index in [9.17, 15) is 0 Å². The number of nitrogens with two attached hydrogens (primary N) is 1. The maximum atomic E-state index is 7.65. The van der Waals surface area contributed by atoms with E-state index in [0.717, 1.165) is 20.0 Å². The Morgan fingerprint density at radius 3 is 2.63 bits per heavy atom. The predicted molar refractivity (Wildman–Crippen MR) is 82.3 cm³/mol. The van der Waals surface area contributed by atoms with Gasteiger partial charge < -0.3 is 10.5 Å². The number of benzene rings is 2. The van der Waals surface area contributed by atoms with E-state index in [4.69, 9.17) is 15.9 Å². The molecule has 0 atom stereocenters. The molecule has 2 rings (SSSR count). The summed E-state index contributed by atoms with van der Waals surface area (Å²) in [6, 6.07) is 13.5. The average molecular weight is 337 g/mol. The topological polar surface area (TPSA) is 59.1 Å². The number of ether oxygens (including phenoxy) is 1. The number of para-hydroxylation sites is 1. The Bertz CT molecular complexity index is 616. The van der Waals surface area contributed by atoms with Crippen LogP contribution in [0.4, 0.5) is 0 Å². The van der Waals surface area contributed by atoms with Crippen molar-refractivity contribution in [1.29, 1.82) is 5.41 Å². The molecule has 0 unspecified atom stereocenters. The molecule has 0 aliphatic heterocycles. The number of methoxy groups -OCH3 is 1. The van der Waals surface area contributed by atoms with Crippen LogP contribution in [0.15, 0.2) is 56.7 Å². The van der Waals surface area contributed by atoms with Gasteiger partial charge in [0.1, 0.15) is 11.6 Å². The first-order valence-electron chi connectivity index (χ1n) is 5.56. The summed E-state index contributed by atoms with van der Waals surface area (Å²) in [4.78, 5) is 1.93. The zero-order chi connectivity index (χ0) is 13.8. The molecule has 0 aromatic heterocycles. The van der Waals surface area contributed by atoms with Gasteiger partial charge in [0.2, 0.25) is 0 Å².